The lowest BCUT2D eigenvalue weighted by atomic mass is 9.88. The molecule has 0 fully saturated rings. The zero-order chi connectivity index (χ0) is 18.0. The van der Waals surface area contributed by atoms with Gasteiger partial charge in [0.05, 0.1) is 19.8 Å². The molecular weight excluding hydrogens is 336 g/mol. The number of carbonyl (C=O) groups excluding carboxylic acids is 1. The van der Waals surface area contributed by atoms with E-state index in [4.69, 9.17) is 9.47 Å². The van der Waals surface area contributed by atoms with Crippen molar-refractivity contribution < 1.29 is 14.3 Å². The van der Waals surface area contributed by atoms with Crippen LogP contribution in [0.2, 0.25) is 0 Å². The van der Waals surface area contributed by atoms with Gasteiger partial charge in [0, 0.05) is 16.5 Å². The number of nitrogens with one attached hydrogen (secondary N) is 1. The first kappa shape index (κ1) is 17.3. The van der Waals surface area contributed by atoms with Gasteiger partial charge in [-0.05, 0) is 42.9 Å². The van der Waals surface area contributed by atoms with Gasteiger partial charge in [-0.2, -0.15) is 5.26 Å². The molecular formula is C19H20N2O3S. The van der Waals surface area contributed by atoms with Crippen molar-refractivity contribution in [2.45, 2.75) is 26.2 Å². The SMILES string of the molecule is COc1cc(OC)cc(C(=O)Nc2sc3c(c2C#N)CC[C@H](C)C3)c1. The van der Waals surface area contributed by atoms with Crippen LogP contribution < -0.4 is 14.8 Å². The molecule has 1 amide bonds. The molecule has 0 saturated heterocycles. The highest BCUT2D eigenvalue weighted by Gasteiger charge is 2.25. The Kier molecular flexibility index (Phi) is 4.95. The summed E-state index contributed by atoms with van der Waals surface area (Å²) in [5.41, 5.74) is 2.14. The molecule has 1 atom stereocenters. The maximum absolute atomic E-state index is 12.7. The molecule has 1 N–H and O–H groups in total. The topological polar surface area (TPSA) is 71.3 Å². The summed E-state index contributed by atoms with van der Waals surface area (Å²) in [7, 11) is 3.08. The molecule has 5 nitrogen and oxygen atoms in total. The van der Waals surface area contributed by atoms with E-state index in [1.807, 2.05) is 0 Å². The van der Waals surface area contributed by atoms with Gasteiger partial charge in [-0.1, -0.05) is 6.92 Å². The van der Waals surface area contributed by atoms with E-state index < -0.39 is 0 Å². The molecule has 0 aliphatic heterocycles. The summed E-state index contributed by atoms with van der Waals surface area (Å²) in [4.78, 5) is 13.9. The third-order valence-electron chi connectivity index (χ3n) is 4.46. The Balaban J connectivity index is 1.90. The van der Waals surface area contributed by atoms with E-state index in [1.54, 1.807) is 32.4 Å². The van der Waals surface area contributed by atoms with Crippen LogP contribution >= 0.6 is 11.3 Å². The summed E-state index contributed by atoms with van der Waals surface area (Å²) in [5.74, 6) is 1.43. The van der Waals surface area contributed by atoms with Gasteiger partial charge in [-0.25, -0.2) is 0 Å². The van der Waals surface area contributed by atoms with E-state index in [2.05, 4.69) is 18.3 Å². The number of anilines is 1. The largest absolute Gasteiger partial charge is 0.497 e. The summed E-state index contributed by atoms with van der Waals surface area (Å²) < 4.78 is 10.4. The predicted octanol–water partition coefficient (Wildman–Crippen LogP) is 4.01. The maximum Gasteiger partial charge on any atom is 0.256 e. The number of benzene rings is 1. The minimum atomic E-state index is -0.277. The molecule has 0 saturated carbocycles. The molecule has 2 aromatic rings. The minimum absolute atomic E-state index is 0.277. The van der Waals surface area contributed by atoms with Crippen molar-refractivity contribution in [2.24, 2.45) is 5.92 Å². The molecule has 0 spiro atoms. The maximum atomic E-state index is 12.7. The fraction of sp³-hybridized carbons (Fsp3) is 0.368. The van der Waals surface area contributed by atoms with Crippen molar-refractivity contribution in [3.63, 3.8) is 0 Å². The number of nitrogens with zero attached hydrogens (tertiary/aromatic N) is 1. The van der Waals surface area contributed by atoms with Crippen molar-refractivity contribution in [1.82, 2.24) is 0 Å². The van der Waals surface area contributed by atoms with Crippen LogP contribution in [-0.2, 0) is 12.8 Å². The number of nitriles is 1. The number of amides is 1. The highest BCUT2D eigenvalue weighted by atomic mass is 32.1. The number of rotatable bonds is 4. The van der Waals surface area contributed by atoms with Gasteiger partial charge in [0.15, 0.2) is 0 Å². The first-order valence-electron chi connectivity index (χ1n) is 8.14. The van der Waals surface area contributed by atoms with Crippen LogP contribution in [0.3, 0.4) is 0 Å². The lowest BCUT2D eigenvalue weighted by Crippen LogP contribution is -2.12. The second-order valence-corrected chi connectivity index (χ2v) is 7.33. The Morgan fingerprint density at radius 3 is 2.56 bits per heavy atom. The Morgan fingerprint density at radius 1 is 1.28 bits per heavy atom. The zero-order valence-corrected chi connectivity index (χ0v) is 15.3. The van der Waals surface area contributed by atoms with Gasteiger partial charge in [0.1, 0.15) is 22.6 Å². The number of ether oxygens (including phenoxy) is 2. The summed E-state index contributed by atoms with van der Waals surface area (Å²) in [5, 5.41) is 13.1. The van der Waals surface area contributed by atoms with Crippen LogP contribution in [-0.4, -0.2) is 20.1 Å². The smallest absolute Gasteiger partial charge is 0.256 e. The number of carbonyl (C=O) groups is 1. The Hall–Kier alpha value is -2.52. The van der Waals surface area contributed by atoms with Crippen molar-refractivity contribution in [1.29, 1.82) is 5.26 Å². The molecule has 3 rings (SSSR count). The summed E-state index contributed by atoms with van der Waals surface area (Å²) in [6.45, 7) is 2.22. The molecule has 0 unspecified atom stereocenters. The molecule has 0 bridgehead atoms. The van der Waals surface area contributed by atoms with E-state index in [1.165, 1.54) is 16.2 Å². The van der Waals surface area contributed by atoms with E-state index in [0.29, 0.717) is 33.5 Å². The summed E-state index contributed by atoms with van der Waals surface area (Å²) >= 11 is 1.52. The number of thiophene rings is 1. The number of fused-ring (bicyclic) bond motifs is 1. The summed E-state index contributed by atoms with van der Waals surface area (Å²) in [6.07, 6.45) is 2.95. The van der Waals surface area contributed by atoms with Crippen molar-refractivity contribution in [2.75, 3.05) is 19.5 Å². The molecule has 1 aromatic carbocycles. The highest BCUT2D eigenvalue weighted by Crippen LogP contribution is 2.39. The van der Waals surface area contributed by atoms with Crippen molar-refractivity contribution in [3.8, 4) is 17.6 Å². The zero-order valence-electron chi connectivity index (χ0n) is 14.5. The molecule has 6 heteroatoms. The number of methoxy groups -OCH3 is 2. The third-order valence-corrected chi connectivity index (χ3v) is 5.63. The minimum Gasteiger partial charge on any atom is -0.497 e. The average molecular weight is 356 g/mol. The Morgan fingerprint density at radius 2 is 1.96 bits per heavy atom. The van der Waals surface area contributed by atoms with Gasteiger partial charge in [0.2, 0.25) is 0 Å². The molecule has 1 heterocycles. The molecule has 0 radical (unpaired) electrons. The van der Waals surface area contributed by atoms with Crippen LogP contribution in [0.25, 0.3) is 0 Å². The highest BCUT2D eigenvalue weighted by molar-refractivity contribution is 7.16. The molecule has 1 aliphatic carbocycles. The van der Waals surface area contributed by atoms with Gasteiger partial charge in [0.25, 0.3) is 5.91 Å². The predicted molar refractivity (Wildman–Crippen MR) is 97.7 cm³/mol. The van der Waals surface area contributed by atoms with Crippen LogP contribution in [0.4, 0.5) is 5.00 Å². The lowest BCUT2D eigenvalue weighted by Gasteiger charge is -2.17. The lowest BCUT2D eigenvalue weighted by molar-refractivity contribution is 0.102. The first-order chi connectivity index (χ1) is 12.0. The first-order valence-corrected chi connectivity index (χ1v) is 8.96. The monoisotopic (exact) mass is 356 g/mol. The average Bonchev–Trinajstić information content (AvgIpc) is 2.96. The van der Waals surface area contributed by atoms with E-state index in [9.17, 15) is 10.1 Å². The normalized spacial score (nSPS) is 15.8. The summed E-state index contributed by atoms with van der Waals surface area (Å²) in [6, 6.07) is 7.28. The molecule has 1 aliphatic rings. The molecule has 1 aromatic heterocycles. The van der Waals surface area contributed by atoms with Gasteiger partial charge in [-0.3, -0.25) is 4.79 Å². The second kappa shape index (κ2) is 7.16. The van der Waals surface area contributed by atoms with Gasteiger partial charge in [-0.15, -0.1) is 11.3 Å². The van der Waals surface area contributed by atoms with E-state index in [0.717, 1.165) is 24.8 Å². The van der Waals surface area contributed by atoms with E-state index in [-0.39, 0.29) is 5.91 Å². The van der Waals surface area contributed by atoms with Crippen molar-refractivity contribution >= 4 is 22.2 Å². The molecule has 130 valence electrons. The Labute approximate surface area is 151 Å². The van der Waals surface area contributed by atoms with Crippen molar-refractivity contribution in [3.05, 3.63) is 39.8 Å². The second-order valence-electron chi connectivity index (χ2n) is 6.22. The van der Waals surface area contributed by atoms with Gasteiger partial charge < -0.3 is 14.8 Å². The van der Waals surface area contributed by atoms with Crippen LogP contribution in [0, 0.1) is 17.2 Å². The third kappa shape index (κ3) is 3.47. The quantitative estimate of drug-likeness (QED) is 0.898. The van der Waals surface area contributed by atoms with Crippen LogP contribution in [0.15, 0.2) is 18.2 Å². The fourth-order valence-electron chi connectivity index (χ4n) is 3.07. The number of hydrogen-bond acceptors (Lipinski definition) is 5. The Bertz CT molecular complexity index is 829. The standard InChI is InChI=1S/C19H20N2O3S/c1-11-4-5-15-16(10-20)19(25-17(15)6-11)21-18(22)12-7-13(23-2)9-14(8-12)24-3/h7-9,11H,4-6H2,1-3H3,(H,21,22)/t11-/m0/s1. The number of hydrogen-bond donors (Lipinski definition) is 1. The van der Waals surface area contributed by atoms with E-state index >= 15 is 0 Å². The van der Waals surface area contributed by atoms with Gasteiger partial charge >= 0.3 is 0 Å². The fourth-order valence-corrected chi connectivity index (χ4v) is 4.43. The van der Waals surface area contributed by atoms with Crippen LogP contribution in [0.5, 0.6) is 11.5 Å². The molecule has 25 heavy (non-hydrogen) atoms. The van der Waals surface area contributed by atoms with Crippen LogP contribution in [0.1, 0.15) is 39.7 Å².